The maximum Gasteiger partial charge on any atom is 0.210 e. The van der Waals surface area contributed by atoms with Crippen molar-refractivity contribution in [1.29, 1.82) is 0 Å². The Morgan fingerprint density at radius 1 is 1.04 bits per heavy atom. The van der Waals surface area contributed by atoms with Gasteiger partial charge in [-0.05, 0) is 19.1 Å². The number of aryl methyl sites for hydroxylation is 1. The van der Waals surface area contributed by atoms with Gasteiger partial charge in [-0.1, -0.05) is 47.7 Å². The van der Waals surface area contributed by atoms with Gasteiger partial charge in [0.1, 0.15) is 11.6 Å². The van der Waals surface area contributed by atoms with Crippen molar-refractivity contribution in [2.75, 3.05) is 5.84 Å². The van der Waals surface area contributed by atoms with E-state index in [4.69, 9.17) is 5.84 Å². The largest absolute Gasteiger partial charge is 0.335 e. The second-order valence-electron chi connectivity index (χ2n) is 5.03. The summed E-state index contributed by atoms with van der Waals surface area (Å²) < 4.78 is 28.6. The van der Waals surface area contributed by atoms with E-state index in [1.54, 1.807) is 0 Å². The van der Waals surface area contributed by atoms with Crippen LogP contribution in [0.15, 0.2) is 47.6 Å². The van der Waals surface area contributed by atoms with Crippen LogP contribution in [0.25, 0.3) is 11.4 Å². The second kappa shape index (κ2) is 6.37. The number of nitrogen functional groups attached to an aromatic ring is 1. The van der Waals surface area contributed by atoms with Crippen LogP contribution in [-0.4, -0.2) is 14.9 Å². The zero-order valence-corrected chi connectivity index (χ0v) is 13.1. The van der Waals surface area contributed by atoms with Crippen LogP contribution >= 0.6 is 11.8 Å². The maximum absolute atomic E-state index is 13.6. The lowest BCUT2D eigenvalue weighted by molar-refractivity contribution is 0.566. The van der Waals surface area contributed by atoms with E-state index in [2.05, 4.69) is 10.2 Å². The Morgan fingerprint density at radius 2 is 1.70 bits per heavy atom. The number of nitrogens with zero attached hydrogens (tertiary/aromatic N) is 3. The van der Waals surface area contributed by atoms with Crippen molar-refractivity contribution in [1.82, 2.24) is 14.9 Å². The molecule has 2 N–H and O–H groups in total. The monoisotopic (exact) mass is 332 g/mol. The summed E-state index contributed by atoms with van der Waals surface area (Å²) in [5.41, 5.74) is 1.95. The lowest BCUT2D eigenvalue weighted by atomic mass is 10.1. The topological polar surface area (TPSA) is 56.7 Å². The molecule has 0 unspecified atom stereocenters. The lowest BCUT2D eigenvalue weighted by Gasteiger charge is -2.05. The van der Waals surface area contributed by atoms with Crippen LogP contribution in [0.5, 0.6) is 0 Å². The van der Waals surface area contributed by atoms with Gasteiger partial charge in [0.15, 0.2) is 5.82 Å². The van der Waals surface area contributed by atoms with Gasteiger partial charge in [0.2, 0.25) is 5.16 Å². The molecular weight excluding hydrogens is 318 g/mol. The molecule has 0 aliphatic rings. The molecule has 0 spiro atoms. The van der Waals surface area contributed by atoms with Crippen molar-refractivity contribution < 1.29 is 8.78 Å². The van der Waals surface area contributed by atoms with E-state index in [1.165, 1.54) is 22.9 Å². The molecule has 2 aromatic carbocycles. The van der Waals surface area contributed by atoms with Crippen LogP contribution < -0.4 is 5.84 Å². The molecule has 0 atom stereocenters. The number of thioether (sulfide) groups is 1. The Kier molecular flexibility index (Phi) is 4.29. The Hall–Kier alpha value is -2.41. The van der Waals surface area contributed by atoms with E-state index >= 15 is 0 Å². The van der Waals surface area contributed by atoms with Gasteiger partial charge in [-0.2, -0.15) is 0 Å². The molecule has 0 radical (unpaired) electrons. The average molecular weight is 332 g/mol. The van der Waals surface area contributed by atoms with E-state index in [1.807, 2.05) is 31.2 Å². The minimum Gasteiger partial charge on any atom is -0.335 e. The number of rotatable bonds is 4. The molecule has 0 fully saturated rings. The smallest absolute Gasteiger partial charge is 0.210 e. The van der Waals surface area contributed by atoms with Crippen LogP contribution in [0.4, 0.5) is 8.78 Å². The Balaban J connectivity index is 1.81. The van der Waals surface area contributed by atoms with E-state index in [0.29, 0.717) is 11.0 Å². The van der Waals surface area contributed by atoms with Gasteiger partial charge < -0.3 is 5.84 Å². The summed E-state index contributed by atoms with van der Waals surface area (Å²) in [5, 5.41) is 8.44. The highest BCUT2D eigenvalue weighted by atomic mass is 32.2. The molecular formula is C16H14F2N4S. The number of benzene rings is 2. The summed E-state index contributed by atoms with van der Waals surface area (Å²) >= 11 is 1.13. The summed E-state index contributed by atoms with van der Waals surface area (Å²) in [4.78, 5) is 0. The molecule has 0 amide bonds. The summed E-state index contributed by atoms with van der Waals surface area (Å²) in [7, 11) is 0. The van der Waals surface area contributed by atoms with Crippen LogP contribution in [-0.2, 0) is 5.75 Å². The molecule has 7 heteroatoms. The molecule has 4 nitrogen and oxygen atoms in total. The van der Waals surface area contributed by atoms with E-state index in [9.17, 15) is 8.78 Å². The summed E-state index contributed by atoms with van der Waals surface area (Å²) in [6.45, 7) is 1.99. The van der Waals surface area contributed by atoms with Crippen LogP contribution in [0.3, 0.4) is 0 Å². The molecule has 1 heterocycles. The van der Waals surface area contributed by atoms with Gasteiger partial charge in [0, 0.05) is 16.9 Å². The second-order valence-corrected chi connectivity index (χ2v) is 5.97. The molecule has 1 aromatic heterocycles. The molecule has 118 valence electrons. The van der Waals surface area contributed by atoms with Crippen molar-refractivity contribution in [3.8, 4) is 11.4 Å². The van der Waals surface area contributed by atoms with Gasteiger partial charge >= 0.3 is 0 Å². The van der Waals surface area contributed by atoms with Crippen molar-refractivity contribution in [3.05, 3.63) is 65.2 Å². The predicted octanol–water partition coefficient (Wildman–Crippen LogP) is 3.54. The van der Waals surface area contributed by atoms with E-state index in [-0.39, 0.29) is 11.3 Å². The van der Waals surface area contributed by atoms with Gasteiger partial charge in [-0.15, -0.1) is 10.2 Å². The van der Waals surface area contributed by atoms with Gasteiger partial charge in [0.05, 0.1) is 0 Å². The summed E-state index contributed by atoms with van der Waals surface area (Å²) in [6.07, 6.45) is 0. The van der Waals surface area contributed by atoms with Gasteiger partial charge in [-0.3, -0.25) is 0 Å². The zero-order valence-electron chi connectivity index (χ0n) is 12.3. The van der Waals surface area contributed by atoms with Gasteiger partial charge in [0.25, 0.3) is 0 Å². The first-order valence-corrected chi connectivity index (χ1v) is 7.88. The maximum atomic E-state index is 13.6. The zero-order chi connectivity index (χ0) is 16.4. The molecule has 0 saturated heterocycles. The highest BCUT2D eigenvalue weighted by molar-refractivity contribution is 7.98. The number of aromatic nitrogens is 3. The molecule has 3 rings (SSSR count). The Bertz CT molecular complexity index is 810. The van der Waals surface area contributed by atoms with E-state index in [0.717, 1.165) is 22.9 Å². The highest BCUT2D eigenvalue weighted by Gasteiger charge is 2.14. The van der Waals surface area contributed by atoms with Crippen LogP contribution in [0.1, 0.15) is 11.1 Å². The average Bonchev–Trinajstić information content (AvgIpc) is 2.89. The minimum absolute atomic E-state index is 0.00242. The fraction of sp³-hybridized carbons (Fsp3) is 0.125. The molecule has 23 heavy (non-hydrogen) atoms. The van der Waals surface area contributed by atoms with Crippen molar-refractivity contribution in [3.63, 3.8) is 0 Å². The first-order chi connectivity index (χ1) is 11.1. The molecule has 0 aliphatic heterocycles. The third kappa shape index (κ3) is 3.19. The Morgan fingerprint density at radius 3 is 2.35 bits per heavy atom. The number of nitrogens with two attached hydrogens (primary N) is 1. The fourth-order valence-corrected chi connectivity index (χ4v) is 2.96. The van der Waals surface area contributed by atoms with Crippen molar-refractivity contribution >= 4 is 11.8 Å². The summed E-state index contributed by atoms with van der Waals surface area (Å²) in [5.74, 6) is 5.42. The third-order valence-electron chi connectivity index (χ3n) is 3.38. The van der Waals surface area contributed by atoms with Crippen molar-refractivity contribution in [2.24, 2.45) is 0 Å². The molecule has 0 saturated carbocycles. The van der Waals surface area contributed by atoms with Crippen LogP contribution in [0.2, 0.25) is 0 Å². The van der Waals surface area contributed by atoms with Gasteiger partial charge in [-0.25, -0.2) is 13.5 Å². The quantitative estimate of drug-likeness (QED) is 0.586. The number of halogens is 2. The standard InChI is InChI=1S/C16H14F2N4S/c1-10-5-7-11(8-6-10)15-20-21-16(22(15)19)23-9-12-13(17)3-2-4-14(12)18/h2-8H,9,19H2,1H3. The first kappa shape index (κ1) is 15.5. The van der Waals surface area contributed by atoms with Crippen molar-refractivity contribution in [2.45, 2.75) is 17.8 Å². The summed E-state index contributed by atoms with van der Waals surface area (Å²) in [6, 6.07) is 11.5. The van der Waals surface area contributed by atoms with Crippen LogP contribution in [0, 0.1) is 18.6 Å². The Labute approximate surface area is 136 Å². The third-order valence-corrected chi connectivity index (χ3v) is 4.35. The SMILES string of the molecule is Cc1ccc(-c2nnc(SCc3c(F)cccc3F)n2N)cc1. The lowest BCUT2D eigenvalue weighted by Crippen LogP contribution is -2.11. The predicted molar refractivity (Wildman–Crippen MR) is 86.3 cm³/mol. The first-order valence-electron chi connectivity index (χ1n) is 6.89. The number of hydrogen-bond donors (Lipinski definition) is 1. The number of hydrogen-bond acceptors (Lipinski definition) is 4. The normalized spacial score (nSPS) is 10.9. The molecule has 0 aliphatic carbocycles. The molecule has 3 aromatic rings. The minimum atomic E-state index is -0.584. The van der Waals surface area contributed by atoms with E-state index < -0.39 is 11.6 Å². The fourth-order valence-electron chi connectivity index (χ4n) is 2.08. The molecule has 0 bridgehead atoms. The highest BCUT2D eigenvalue weighted by Crippen LogP contribution is 2.26.